The van der Waals surface area contributed by atoms with E-state index in [0.29, 0.717) is 43.8 Å². The van der Waals surface area contributed by atoms with E-state index in [9.17, 15) is 34.6 Å². The molecule has 3 heterocycles. The van der Waals surface area contributed by atoms with E-state index in [-0.39, 0.29) is 12.6 Å². The van der Waals surface area contributed by atoms with Gasteiger partial charge in [0.25, 0.3) is 5.91 Å². The fourth-order valence-electron chi connectivity index (χ4n) is 5.76. The van der Waals surface area contributed by atoms with E-state index in [1.165, 1.54) is 4.90 Å². The average Bonchev–Trinajstić information content (AvgIpc) is 2.99. The van der Waals surface area contributed by atoms with Crippen LogP contribution in [-0.4, -0.2) is 108 Å². The topological polar surface area (TPSA) is 175 Å². The maximum Gasteiger partial charge on any atom is 0.410 e. The highest BCUT2D eigenvalue weighted by Gasteiger charge is 2.58. The van der Waals surface area contributed by atoms with Crippen molar-refractivity contribution in [1.82, 2.24) is 30.6 Å². The Morgan fingerprint density at radius 1 is 1.00 bits per heavy atom. The van der Waals surface area contributed by atoms with Gasteiger partial charge in [-0.3, -0.25) is 30.0 Å². The molecular formula is C23H40N6O8. The minimum atomic E-state index is -1.58. The maximum atomic E-state index is 12.7. The molecule has 3 aliphatic rings. The summed E-state index contributed by atoms with van der Waals surface area (Å²) in [4.78, 5) is 59.3. The molecule has 14 nitrogen and oxygen atoms in total. The number of carboxylic acid groups (broad SMARTS) is 2. The average molecular weight is 529 g/mol. The molecule has 14 heteroatoms. The lowest BCUT2D eigenvalue weighted by Gasteiger charge is -2.60. The van der Waals surface area contributed by atoms with Crippen molar-refractivity contribution >= 4 is 24.1 Å². The summed E-state index contributed by atoms with van der Waals surface area (Å²) in [5.74, 6) is -2.05. The van der Waals surface area contributed by atoms with E-state index in [0.717, 1.165) is 4.90 Å². The van der Waals surface area contributed by atoms with Gasteiger partial charge in [0.1, 0.15) is 6.04 Å². The number of rotatable bonds is 6. The van der Waals surface area contributed by atoms with Crippen LogP contribution in [-0.2, 0) is 9.63 Å². The molecule has 5 amide bonds. The second kappa shape index (κ2) is 10.1. The first-order valence-electron chi connectivity index (χ1n) is 12.5. The van der Waals surface area contributed by atoms with Crippen LogP contribution in [0.2, 0.25) is 0 Å². The predicted octanol–water partition coefficient (Wildman–Crippen LogP) is 1.90. The number of nitrogens with zero attached hydrogens (tertiary/aromatic N) is 4. The lowest BCUT2D eigenvalue weighted by molar-refractivity contribution is -0.181. The molecule has 37 heavy (non-hydrogen) atoms. The first-order valence-corrected chi connectivity index (χ1v) is 12.5. The SMILES string of the molecule is CC(C)(C)N(C(=O)O)C(NC(=O)O)(N1CCC(ONC(=O)[C@@H]2CC[C@@H]3CN2C(=O)N3O)CC1)C(C)(C)C. The Hall–Kier alpha value is -2.84. The Kier molecular flexibility index (Phi) is 7.87. The number of hydroxylamine groups is 3. The molecular weight excluding hydrogens is 488 g/mol. The molecule has 0 spiro atoms. The lowest BCUT2D eigenvalue weighted by Crippen LogP contribution is -2.80. The fourth-order valence-corrected chi connectivity index (χ4v) is 5.76. The van der Waals surface area contributed by atoms with E-state index in [1.807, 2.05) is 4.90 Å². The van der Waals surface area contributed by atoms with Gasteiger partial charge >= 0.3 is 18.2 Å². The van der Waals surface area contributed by atoms with E-state index < -0.39 is 53.0 Å². The van der Waals surface area contributed by atoms with Crippen molar-refractivity contribution in [3.63, 3.8) is 0 Å². The largest absolute Gasteiger partial charge is 0.465 e. The third kappa shape index (κ3) is 5.41. The van der Waals surface area contributed by atoms with Gasteiger partial charge in [0, 0.05) is 30.6 Å². The molecule has 3 fully saturated rings. The summed E-state index contributed by atoms with van der Waals surface area (Å²) in [5.41, 5.74) is 0.664. The zero-order chi connectivity index (χ0) is 27.9. The van der Waals surface area contributed by atoms with Crippen molar-refractivity contribution in [1.29, 1.82) is 0 Å². The predicted molar refractivity (Wildman–Crippen MR) is 129 cm³/mol. The summed E-state index contributed by atoms with van der Waals surface area (Å²) >= 11 is 0. The zero-order valence-electron chi connectivity index (χ0n) is 22.4. The number of hydrogen-bond donors (Lipinski definition) is 5. The molecule has 0 aromatic rings. The third-order valence-electron chi connectivity index (χ3n) is 7.39. The molecule has 2 bridgehead atoms. The monoisotopic (exact) mass is 528 g/mol. The van der Waals surface area contributed by atoms with Gasteiger partial charge < -0.3 is 15.1 Å². The number of piperidine rings is 2. The van der Waals surface area contributed by atoms with Crippen LogP contribution in [0.4, 0.5) is 14.4 Å². The molecule has 0 radical (unpaired) electrons. The molecule has 210 valence electrons. The van der Waals surface area contributed by atoms with Gasteiger partial charge in [-0.25, -0.2) is 24.9 Å². The van der Waals surface area contributed by atoms with Gasteiger partial charge in [-0.2, -0.15) is 0 Å². The molecule has 0 aromatic heterocycles. The number of fused-ring (bicyclic) bond motifs is 2. The zero-order valence-corrected chi connectivity index (χ0v) is 22.4. The molecule has 3 rings (SSSR count). The number of carbonyl (C=O) groups is 4. The highest BCUT2D eigenvalue weighted by molar-refractivity contribution is 5.87. The Morgan fingerprint density at radius 3 is 2.08 bits per heavy atom. The Balaban J connectivity index is 1.71. The third-order valence-corrected chi connectivity index (χ3v) is 7.39. The summed E-state index contributed by atoms with van der Waals surface area (Å²) in [7, 11) is 0. The van der Waals surface area contributed by atoms with Crippen LogP contribution in [0.25, 0.3) is 0 Å². The molecule has 3 saturated heterocycles. The van der Waals surface area contributed by atoms with Gasteiger partial charge in [-0.15, -0.1) is 0 Å². The van der Waals surface area contributed by atoms with Crippen LogP contribution in [0.3, 0.4) is 0 Å². The van der Waals surface area contributed by atoms with Gasteiger partial charge in [0.15, 0.2) is 5.79 Å². The van der Waals surface area contributed by atoms with Crippen LogP contribution in [0, 0.1) is 5.41 Å². The number of carbonyl (C=O) groups excluding carboxylic acids is 2. The number of nitrogens with one attached hydrogen (secondary N) is 2. The Labute approximate surface area is 216 Å². The molecule has 5 N–H and O–H groups in total. The minimum absolute atomic E-state index is 0.283. The summed E-state index contributed by atoms with van der Waals surface area (Å²) in [6.45, 7) is 11.4. The summed E-state index contributed by atoms with van der Waals surface area (Å²) < 4.78 is 0. The van der Waals surface area contributed by atoms with Crippen molar-refractivity contribution in [3.05, 3.63) is 0 Å². The standard InChI is InChI=1S/C23H40N6O8/c1-21(2,3)23(24-18(31)32,29(20(34)35)22(4,5)6)26-11-9-15(10-12-26)37-25-17(30)16-8-7-14-13-27(16)19(33)28(14)36/h14-16,24,36H,7-13H2,1-6H3,(H,25,30)(H,31,32)(H,34,35)/t14-,16+,23?/m1/s1. The summed E-state index contributed by atoms with van der Waals surface area (Å²) in [5, 5.41) is 33.0. The first kappa shape index (κ1) is 28.7. The van der Waals surface area contributed by atoms with Gasteiger partial charge in [0.05, 0.1) is 12.1 Å². The van der Waals surface area contributed by atoms with Crippen LogP contribution in [0.1, 0.15) is 67.2 Å². The first-order chi connectivity index (χ1) is 17.0. The number of urea groups is 1. The molecule has 0 saturated carbocycles. The van der Waals surface area contributed by atoms with Crippen molar-refractivity contribution in [3.8, 4) is 0 Å². The molecule has 0 aromatic carbocycles. The number of likely N-dealkylation sites (tertiary alicyclic amines) is 1. The van der Waals surface area contributed by atoms with Gasteiger partial charge in [-0.05, 0) is 46.5 Å². The quantitative estimate of drug-likeness (QED) is 0.196. The Morgan fingerprint density at radius 2 is 1.59 bits per heavy atom. The van der Waals surface area contributed by atoms with E-state index in [4.69, 9.17) is 4.84 Å². The van der Waals surface area contributed by atoms with E-state index in [1.54, 1.807) is 41.5 Å². The van der Waals surface area contributed by atoms with Crippen LogP contribution in [0.5, 0.6) is 0 Å². The van der Waals surface area contributed by atoms with Crippen molar-refractivity contribution in [2.24, 2.45) is 5.41 Å². The van der Waals surface area contributed by atoms with Crippen molar-refractivity contribution < 1.29 is 39.4 Å². The van der Waals surface area contributed by atoms with Crippen LogP contribution >= 0.6 is 0 Å². The Bertz CT molecular complexity index is 910. The molecule has 3 aliphatic heterocycles. The van der Waals surface area contributed by atoms with E-state index >= 15 is 0 Å². The summed E-state index contributed by atoms with van der Waals surface area (Å²) in [6, 6.07) is -1.63. The molecule has 3 atom stereocenters. The van der Waals surface area contributed by atoms with Crippen molar-refractivity contribution in [2.45, 2.75) is 96.7 Å². The minimum Gasteiger partial charge on any atom is -0.465 e. The second-order valence-corrected chi connectivity index (χ2v) is 11.9. The molecule has 1 unspecified atom stereocenters. The highest BCUT2D eigenvalue weighted by atomic mass is 16.7. The fraction of sp³-hybridized carbons (Fsp3) is 0.826. The number of hydrogen-bond acceptors (Lipinski definition) is 7. The van der Waals surface area contributed by atoms with Gasteiger partial charge in [0.2, 0.25) is 0 Å². The lowest BCUT2D eigenvalue weighted by atomic mass is 9.80. The van der Waals surface area contributed by atoms with Crippen LogP contribution < -0.4 is 10.8 Å². The van der Waals surface area contributed by atoms with Crippen molar-refractivity contribution in [2.75, 3.05) is 19.6 Å². The van der Waals surface area contributed by atoms with Gasteiger partial charge in [-0.1, -0.05) is 20.8 Å². The normalized spacial score (nSPS) is 25.0. The second-order valence-electron chi connectivity index (χ2n) is 11.9. The molecule has 0 aliphatic carbocycles. The van der Waals surface area contributed by atoms with E-state index in [2.05, 4.69) is 10.8 Å². The number of amides is 5. The van der Waals surface area contributed by atoms with Crippen LogP contribution in [0.15, 0.2) is 0 Å². The smallest absolute Gasteiger partial charge is 0.410 e. The highest BCUT2D eigenvalue weighted by Crippen LogP contribution is 2.42. The maximum absolute atomic E-state index is 12.7. The summed E-state index contributed by atoms with van der Waals surface area (Å²) in [6.07, 6.45) is -1.27.